The van der Waals surface area contributed by atoms with Crippen molar-refractivity contribution in [2.75, 3.05) is 32.9 Å². The third-order valence-electron chi connectivity index (χ3n) is 6.29. The standard InChI is InChI=1S/C27H26F4N2O8/c1-14-4-2-3-5-15(14)8-20(34)27(39)33-6-7-40-12-16(11-33)26(38)32-19(10-22(36)37)21(35)13-41-25-23(30)17(28)9-18(29)24(25)31/h2-5,9,16,19H,6-8,10-13H2,1H3,(H,32,38)(H,36,37)/t16-,19+/m1/s1. The number of aryl methyl sites for hydroxylation is 1. The molecule has 0 radical (unpaired) electrons. The predicted octanol–water partition coefficient (Wildman–Crippen LogP) is 1.75. The summed E-state index contributed by atoms with van der Waals surface area (Å²) >= 11 is 0. The molecule has 2 aromatic rings. The molecule has 2 N–H and O–H groups in total. The molecule has 3 rings (SSSR count). The number of carbonyl (C=O) groups is 5. The molecule has 1 fully saturated rings. The lowest BCUT2D eigenvalue weighted by Gasteiger charge is -2.24. The molecule has 1 heterocycles. The molecule has 0 spiro atoms. The minimum Gasteiger partial charge on any atom is -0.481 e. The van der Waals surface area contributed by atoms with E-state index >= 15 is 0 Å². The molecular formula is C27H26F4N2O8. The number of rotatable bonds is 11. The van der Waals surface area contributed by atoms with Gasteiger partial charge in [-0.25, -0.2) is 8.78 Å². The summed E-state index contributed by atoms with van der Waals surface area (Å²) in [6, 6.07) is 5.16. The Hall–Kier alpha value is -4.33. The smallest absolute Gasteiger partial charge is 0.305 e. The van der Waals surface area contributed by atoms with E-state index in [9.17, 15) is 46.6 Å². The zero-order chi connectivity index (χ0) is 30.3. The molecule has 220 valence electrons. The van der Waals surface area contributed by atoms with Gasteiger partial charge in [0.25, 0.3) is 5.91 Å². The van der Waals surface area contributed by atoms with Gasteiger partial charge in [0.15, 0.2) is 23.2 Å². The number of carboxylic acids is 1. The molecule has 0 saturated carbocycles. The Kier molecular flexibility index (Phi) is 10.5. The lowest BCUT2D eigenvalue weighted by Crippen LogP contribution is -2.50. The Morgan fingerprint density at radius 2 is 1.76 bits per heavy atom. The van der Waals surface area contributed by atoms with E-state index in [1.807, 2.05) is 0 Å². The summed E-state index contributed by atoms with van der Waals surface area (Å²) < 4.78 is 64.5. The van der Waals surface area contributed by atoms with Crippen LogP contribution in [0.5, 0.6) is 5.75 Å². The van der Waals surface area contributed by atoms with E-state index < -0.39 is 83.4 Å². The molecule has 14 heteroatoms. The van der Waals surface area contributed by atoms with E-state index in [-0.39, 0.29) is 38.8 Å². The third kappa shape index (κ3) is 8.10. The Labute approximate surface area is 231 Å². The molecule has 0 aliphatic carbocycles. The second kappa shape index (κ2) is 13.8. The van der Waals surface area contributed by atoms with Crippen LogP contribution in [-0.4, -0.2) is 78.3 Å². The van der Waals surface area contributed by atoms with Crippen LogP contribution in [-0.2, 0) is 35.1 Å². The average Bonchev–Trinajstić information content (AvgIpc) is 3.18. The second-order valence-electron chi connectivity index (χ2n) is 9.26. The topological polar surface area (TPSA) is 139 Å². The maximum atomic E-state index is 13.8. The zero-order valence-electron chi connectivity index (χ0n) is 21.8. The van der Waals surface area contributed by atoms with Gasteiger partial charge in [0.2, 0.25) is 23.3 Å². The molecule has 0 aromatic heterocycles. The van der Waals surface area contributed by atoms with Gasteiger partial charge in [0, 0.05) is 25.6 Å². The van der Waals surface area contributed by atoms with Crippen LogP contribution >= 0.6 is 0 Å². The number of ketones is 2. The number of nitrogens with one attached hydrogen (secondary N) is 1. The Morgan fingerprint density at radius 3 is 2.39 bits per heavy atom. The highest BCUT2D eigenvalue weighted by molar-refractivity contribution is 6.36. The molecule has 2 aromatic carbocycles. The van der Waals surface area contributed by atoms with Gasteiger partial charge < -0.3 is 24.8 Å². The van der Waals surface area contributed by atoms with Gasteiger partial charge in [0.05, 0.1) is 25.6 Å². The first kappa shape index (κ1) is 31.2. The Balaban J connectivity index is 1.67. The van der Waals surface area contributed by atoms with Gasteiger partial charge in [-0.2, -0.15) is 8.78 Å². The van der Waals surface area contributed by atoms with Crippen molar-refractivity contribution in [2.24, 2.45) is 5.92 Å². The van der Waals surface area contributed by atoms with Crippen LogP contribution in [0, 0.1) is 36.1 Å². The number of nitrogens with zero attached hydrogens (tertiary/aromatic N) is 1. The van der Waals surface area contributed by atoms with E-state index in [0.29, 0.717) is 5.56 Å². The van der Waals surface area contributed by atoms with Gasteiger partial charge in [-0.15, -0.1) is 0 Å². The van der Waals surface area contributed by atoms with E-state index in [4.69, 9.17) is 4.74 Å². The van der Waals surface area contributed by atoms with E-state index in [0.717, 1.165) is 10.5 Å². The fourth-order valence-electron chi connectivity index (χ4n) is 4.02. The van der Waals surface area contributed by atoms with E-state index in [2.05, 4.69) is 10.1 Å². The molecular weight excluding hydrogens is 556 g/mol. The summed E-state index contributed by atoms with van der Waals surface area (Å²) in [5.41, 5.74) is 1.47. The normalized spacial score (nSPS) is 15.9. The minimum atomic E-state index is -1.91. The van der Waals surface area contributed by atoms with Gasteiger partial charge in [-0.1, -0.05) is 24.3 Å². The SMILES string of the molecule is Cc1ccccc1CC(=O)C(=O)N1CCOC[C@H](C(=O)N[C@@H](CC(=O)O)C(=O)COc2c(F)c(F)cc(F)c2F)C1. The van der Waals surface area contributed by atoms with Crippen molar-refractivity contribution in [3.63, 3.8) is 0 Å². The Bertz CT molecular complexity index is 1330. The number of halogens is 4. The maximum Gasteiger partial charge on any atom is 0.305 e. The molecule has 0 bridgehead atoms. The highest BCUT2D eigenvalue weighted by Gasteiger charge is 2.33. The number of aliphatic carboxylic acids is 1. The zero-order valence-corrected chi connectivity index (χ0v) is 21.8. The summed E-state index contributed by atoms with van der Waals surface area (Å²) in [7, 11) is 0. The lowest BCUT2D eigenvalue weighted by molar-refractivity contribution is -0.145. The van der Waals surface area contributed by atoms with Gasteiger partial charge in [-0.3, -0.25) is 24.0 Å². The molecule has 2 amide bonds. The largest absolute Gasteiger partial charge is 0.481 e. The van der Waals surface area contributed by atoms with Crippen LogP contribution in [0.4, 0.5) is 17.6 Å². The van der Waals surface area contributed by atoms with Crippen LogP contribution in [0.15, 0.2) is 30.3 Å². The van der Waals surface area contributed by atoms with Crippen LogP contribution < -0.4 is 10.1 Å². The first-order chi connectivity index (χ1) is 19.4. The summed E-state index contributed by atoms with van der Waals surface area (Å²) in [5, 5.41) is 11.4. The van der Waals surface area contributed by atoms with Crippen LogP contribution in [0.1, 0.15) is 17.5 Å². The van der Waals surface area contributed by atoms with Crippen molar-refractivity contribution in [1.29, 1.82) is 0 Å². The van der Waals surface area contributed by atoms with E-state index in [1.54, 1.807) is 31.2 Å². The first-order valence-corrected chi connectivity index (χ1v) is 12.3. The summed E-state index contributed by atoms with van der Waals surface area (Å²) in [5.74, 6) is -15.2. The van der Waals surface area contributed by atoms with Gasteiger partial charge in [0.1, 0.15) is 12.6 Å². The fourth-order valence-corrected chi connectivity index (χ4v) is 4.02. The molecule has 1 aliphatic rings. The summed E-state index contributed by atoms with van der Waals surface area (Å²) in [6.07, 6.45) is -1.13. The predicted molar refractivity (Wildman–Crippen MR) is 132 cm³/mol. The van der Waals surface area contributed by atoms with Crippen molar-refractivity contribution in [3.05, 3.63) is 64.7 Å². The number of amides is 2. The number of ether oxygens (including phenoxy) is 2. The third-order valence-corrected chi connectivity index (χ3v) is 6.29. The number of carboxylic acid groups (broad SMARTS) is 1. The van der Waals surface area contributed by atoms with Crippen molar-refractivity contribution >= 4 is 29.4 Å². The summed E-state index contributed by atoms with van der Waals surface area (Å²) in [6.45, 7) is 0.0258. The quantitative estimate of drug-likeness (QED) is 0.232. The van der Waals surface area contributed by atoms with Crippen LogP contribution in [0.2, 0.25) is 0 Å². The number of benzene rings is 2. The molecule has 1 saturated heterocycles. The maximum absolute atomic E-state index is 13.8. The molecule has 2 atom stereocenters. The van der Waals surface area contributed by atoms with Gasteiger partial charge in [-0.05, 0) is 18.1 Å². The van der Waals surface area contributed by atoms with Crippen molar-refractivity contribution < 1.29 is 56.1 Å². The minimum absolute atomic E-state index is 0.000186. The fraction of sp³-hybridized carbons (Fsp3) is 0.370. The van der Waals surface area contributed by atoms with Crippen LogP contribution in [0.3, 0.4) is 0 Å². The lowest BCUT2D eigenvalue weighted by atomic mass is 10.0. The van der Waals surface area contributed by atoms with Crippen LogP contribution in [0.25, 0.3) is 0 Å². The monoisotopic (exact) mass is 582 g/mol. The van der Waals surface area contributed by atoms with Crippen molar-refractivity contribution in [3.8, 4) is 5.75 Å². The number of Topliss-reactive ketones (excluding diaryl/α,β-unsaturated/α-hetero) is 2. The van der Waals surface area contributed by atoms with Crippen molar-refractivity contribution in [1.82, 2.24) is 10.2 Å². The summed E-state index contributed by atoms with van der Waals surface area (Å²) in [4.78, 5) is 63.5. The second-order valence-corrected chi connectivity index (χ2v) is 9.26. The van der Waals surface area contributed by atoms with Gasteiger partial charge >= 0.3 is 5.97 Å². The number of carbonyl (C=O) groups excluding carboxylic acids is 4. The molecule has 1 aliphatic heterocycles. The average molecular weight is 583 g/mol. The van der Waals surface area contributed by atoms with Crippen molar-refractivity contribution in [2.45, 2.75) is 25.8 Å². The highest BCUT2D eigenvalue weighted by atomic mass is 19.2. The highest BCUT2D eigenvalue weighted by Crippen LogP contribution is 2.26. The number of hydrogen-bond acceptors (Lipinski definition) is 7. The number of hydrogen-bond donors (Lipinski definition) is 2. The molecule has 10 nitrogen and oxygen atoms in total. The molecule has 0 unspecified atom stereocenters. The van der Waals surface area contributed by atoms with E-state index in [1.165, 1.54) is 0 Å². The Morgan fingerprint density at radius 1 is 1.10 bits per heavy atom. The first-order valence-electron chi connectivity index (χ1n) is 12.3. The molecule has 41 heavy (non-hydrogen) atoms.